The van der Waals surface area contributed by atoms with Crippen LogP contribution in [-0.4, -0.2) is 24.6 Å². The van der Waals surface area contributed by atoms with Crippen LogP contribution < -0.4 is 5.32 Å². The van der Waals surface area contributed by atoms with E-state index in [0.717, 1.165) is 12.6 Å². The van der Waals surface area contributed by atoms with Gasteiger partial charge in [0.25, 0.3) is 0 Å². The van der Waals surface area contributed by atoms with E-state index < -0.39 is 0 Å². The summed E-state index contributed by atoms with van der Waals surface area (Å²) in [4.78, 5) is 0. The monoisotopic (exact) mass is 189 g/mol. The Balaban J connectivity index is 3.19. The van der Waals surface area contributed by atoms with Gasteiger partial charge < -0.3 is 5.32 Å². The highest BCUT2D eigenvalue weighted by Crippen LogP contribution is 2.06. The minimum absolute atomic E-state index is 0.761. The molecule has 0 aliphatic heterocycles. The second kappa shape index (κ2) is 9.40. The third kappa shape index (κ3) is 6.99. The van der Waals surface area contributed by atoms with Gasteiger partial charge in [0.05, 0.1) is 0 Å². The van der Waals surface area contributed by atoms with Gasteiger partial charge in [-0.3, -0.25) is 0 Å². The second-order valence-electron chi connectivity index (χ2n) is 3.15. The standard InChI is InChI=1S/C10H23NS/c1-4-10(11-5-2)8-6-7-9-12-3/h10-11H,4-9H2,1-3H3. The van der Waals surface area contributed by atoms with Crippen LogP contribution in [0.1, 0.15) is 39.5 Å². The molecule has 1 N–H and O–H groups in total. The summed E-state index contributed by atoms with van der Waals surface area (Å²) in [5.74, 6) is 1.32. The zero-order valence-corrected chi connectivity index (χ0v) is 9.54. The van der Waals surface area contributed by atoms with Crippen molar-refractivity contribution in [2.45, 2.75) is 45.6 Å². The Kier molecular flexibility index (Phi) is 9.64. The van der Waals surface area contributed by atoms with Crippen molar-refractivity contribution in [2.24, 2.45) is 0 Å². The molecule has 0 rings (SSSR count). The number of nitrogens with one attached hydrogen (secondary N) is 1. The number of rotatable bonds is 8. The van der Waals surface area contributed by atoms with Crippen LogP contribution >= 0.6 is 11.8 Å². The molecule has 1 atom stereocenters. The molecule has 0 aliphatic carbocycles. The molecular formula is C10H23NS. The molecule has 0 radical (unpaired) electrons. The summed E-state index contributed by atoms with van der Waals surface area (Å²) < 4.78 is 0. The van der Waals surface area contributed by atoms with E-state index in [1.165, 1.54) is 31.4 Å². The number of hydrogen-bond donors (Lipinski definition) is 1. The maximum Gasteiger partial charge on any atom is 0.00643 e. The van der Waals surface area contributed by atoms with Crippen molar-refractivity contribution in [1.82, 2.24) is 5.32 Å². The summed E-state index contributed by atoms with van der Waals surface area (Å²) in [6.07, 6.45) is 7.56. The molecule has 2 heteroatoms. The summed E-state index contributed by atoms with van der Waals surface area (Å²) in [6.45, 7) is 5.56. The molecule has 0 bridgehead atoms. The van der Waals surface area contributed by atoms with Crippen molar-refractivity contribution in [1.29, 1.82) is 0 Å². The molecule has 0 aromatic rings. The molecule has 0 spiro atoms. The Morgan fingerprint density at radius 3 is 2.50 bits per heavy atom. The fourth-order valence-electron chi connectivity index (χ4n) is 1.38. The van der Waals surface area contributed by atoms with Crippen LogP contribution in [0.15, 0.2) is 0 Å². The predicted molar refractivity (Wildman–Crippen MR) is 60.0 cm³/mol. The van der Waals surface area contributed by atoms with Gasteiger partial charge in [0.2, 0.25) is 0 Å². The maximum absolute atomic E-state index is 3.50. The lowest BCUT2D eigenvalue weighted by Crippen LogP contribution is -2.27. The normalized spacial score (nSPS) is 13.2. The van der Waals surface area contributed by atoms with E-state index >= 15 is 0 Å². The molecule has 0 heterocycles. The average molecular weight is 189 g/mol. The quantitative estimate of drug-likeness (QED) is 0.589. The number of thioether (sulfide) groups is 1. The Bertz CT molecular complexity index is 85.9. The highest BCUT2D eigenvalue weighted by Gasteiger charge is 2.02. The smallest absolute Gasteiger partial charge is 0.00643 e. The van der Waals surface area contributed by atoms with Crippen LogP contribution in [0.4, 0.5) is 0 Å². The molecule has 0 saturated carbocycles. The van der Waals surface area contributed by atoms with Crippen LogP contribution in [0.2, 0.25) is 0 Å². The zero-order chi connectivity index (χ0) is 9.23. The van der Waals surface area contributed by atoms with Crippen LogP contribution in [0.5, 0.6) is 0 Å². The lowest BCUT2D eigenvalue weighted by molar-refractivity contribution is 0.465. The zero-order valence-electron chi connectivity index (χ0n) is 8.73. The molecule has 1 unspecified atom stereocenters. The first kappa shape index (κ1) is 12.3. The van der Waals surface area contributed by atoms with E-state index in [9.17, 15) is 0 Å². The molecule has 0 aromatic carbocycles. The molecule has 0 aromatic heterocycles. The van der Waals surface area contributed by atoms with Gasteiger partial charge in [0.1, 0.15) is 0 Å². The largest absolute Gasteiger partial charge is 0.314 e. The highest BCUT2D eigenvalue weighted by atomic mass is 32.2. The number of unbranched alkanes of at least 4 members (excludes halogenated alkanes) is 1. The van der Waals surface area contributed by atoms with Crippen molar-refractivity contribution in [2.75, 3.05) is 18.6 Å². The van der Waals surface area contributed by atoms with E-state index in [-0.39, 0.29) is 0 Å². The summed E-state index contributed by atoms with van der Waals surface area (Å²) in [5.41, 5.74) is 0. The van der Waals surface area contributed by atoms with E-state index in [1.807, 2.05) is 11.8 Å². The van der Waals surface area contributed by atoms with Gasteiger partial charge in [-0.1, -0.05) is 20.3 Å². The molecular weight excluding hydrogens is 166 g/mol. The molecule has 74 valence electrons. The summed E-state index contributed by atoms with van der Waals surface area (Å²) in [7, 11) is 0. The number of hydrogen-bond acceptors (Lipinski definition) is 2. The van der Waals surface area contributed by atoms with E-state index in [0.29, 0.717) is 0 Å². The minimum atomic E-state index is 0.761. The van der Waals surface area contributed by atoms with Crippen LogP contribution in [0, 0.1) is 0 Å². The third-order valence-electron chi connectivity index (χ3n) is 2.14. The van der Waals surface area contributed by atoms with Gasteiger partial charge in [0, 0.05) is 6.04 Å². The van der Waals surface area contributed by atoms with Crippen molar-refractivity contribution in [3.8, 4) is 0 Å². The first-order valence-corrected chi connectivity index (χ1v) is 6.46. The van der Waals surface area contributed by atoms with Crippen molar-refractivity contribution >= 4 is 11.8 Å². The topological polar surface area (TPSA) is 12.0 Å². The predicted octanol–water partition coefficient (Wildman–Crippen LogP) is 2.91. The SMILES string of the molecule is CCNC(CC)CCCCSC. The molecule has 0 fully saturated rings. The fourth-order valence-corrected chi connectivity index (χ4v) is 1.87. The van der Waals surface area contributed by atoms with Gasteiger partial charge in [0.15, 0.2) is 0 Å². The lowest BCUT2D eigenvalue weighted by Gasteiger charge is -2.14. The van der Waals surface area contributed by atoms with Gasteiger partial charge >= 0.3 is 0 Å². The molecule has 12 heavy (non-hydrogen) atoms. The molecule has 0 aliphatic rings. The average Bonchev–Trinajstić information content (AvgIpc) is 2.10. The second-order valence-corrected chi connectivity index (χ2v) is 4.14. The van der Waals surface area contributed by atoms with E-state index in [4.69, 9.17) is 0 Å². The highest BCUT2D eigenvalue weighted by molar-refractivity contribution is 7.98. The fraction of sp³-hybridized carbons (Fsp3) is 1.00. The van der Waals surface area contributed by atoms with Crippen LogP contribution in [0.3, 0.4) is 0 Å². The van der Waals surface area contributed by atoms with Crippen LogP contribution in [-0.2, 0) is 0 Å². The van der Waals surface area contributed by atoms with Crippen molar-refractivity contribution in [3.63, 3.8) is 0 Å². The Hall–Kier alpha value is 0.310. The summed E-state index contributed by atoms with van der Waals surface area (Å²) >= 11 is 1.95. The Morgan fingerprint density at radius 1 is 1.25 bits per heavy atom. The van der Waals surface area contributed by atoms with Crippen molar-refractivity contribution < 1.29 is 0 Å². The third-order valence-corrected chi connectivity index (χ3v) is 2.83. The van der Waals surface area contributed by atoms with Gasteiger partial charge in [-0.25, -0.2) is 0 Å². The summed E-state index contributed by atoms with van der Waals surface area (Å²) in [6, 6.07) is 0.761. The lowest BCUT2D eigenvalue weighted by atomic mass is 10.1. The van der Waals surface area contributed by atoms with Gasteiger partial charge in [-0.05, 0) is 37.8 Å². The first-order chi connectivity index (χ1) is 5.85. The Labute approximate surface area is 81.7 Å². The first-order valence-electron chi connectivity index (χ1n) is 5.07. The molecule has 1 nitrogen and oxygen atoms in total. The van der Waals surface area contributed by atoms with Gasteiger partial charge in [-0.2, -0.15) is 11.8 Å². The maximum atomic E-state index is 3.50. The Morgan fingerprint density at radius 2 is 2.00 bits per heavy atom. The van der Waals surface area contributed by atoms with Crippen LogP contribution in [0.25, 0.3) is 0 Å². The van der Waals surface area contributed by atoms with E-state index in [2.05, 4.69) is 25.4 Å². The molecule has 0 saturated heterocycles. The van der Waals surface area contributed by atoms with Gasteiger partial charge in [-0.15, -0.1) is 0 Å². The van der Waals surface area contributed by atoms with E-state index in [1.54, 1.807) is 0 Å². The minimum Gasteiger partial charge on any atom is -0.314 e. The molecule has 0 amide bonds. The van der Waals surface area contributed by atoms with Crippen molar-refractivity contribution in [3.05, 3.63) is 0 Å². The summed E-state index contributed by atoms with van der Waals surface area (Å²) in [5, 5.41) is 3.50.